The number of hydrogen-bond acceptors (Lipinski definition) is 3. The minimum absolute atomic E-state index is 0.166. The van der Waals surface area contributed by atoms with Gasteiger partial charge in [-0.15, -0.1) is 0 Å². The molecule has 2 rings (SSSR count). The molecule has 0 spiro atoms. The number of nitrogens with one attached hydrogen (secondary N) is 1. The van der Waals surface area contributed by atoms with Gasteiger partial charge >= 0.3 is 0 Å². The maximum Gasteiger partial charge on any atom is 0.254 e. The number of nitrogens with zero attached hydrogens (tertiary/aromatic N) is 2. The summed E-state index contributed by atoms with van der Waals surface area (Å²) in [5.41, 5.74) is 2.00. The Morgan fingerprint density at radius 3 is 2.57 bits per heavy atom. The summed E-state index contributed by atoms with van der Waals surface area (Å²) >= 11 is 0. The van der Waals surface area contributed by atoms with Crippen LogP contribution in [0.1, 0.15) is 42.6 Å². The molecule has 1 aliphatic heterocycles. The number of hydrogen-bond donors (Lipinski definition) is 1. The van der Waals surface area contributed by atoms with Crippen LogP contribution in [0, 0.1) is 0 Å². The second kappa shape index (κ2) is 8.46. The molecule has 1 aromatic rings. The molecule has 1 aliphatic rings. The van der Waals surface area contributed by atoms with E-state index < -0.39 is 0 Å². The van der Waals surface area contributed by atoms with Gasteiger partial charge in [0.2, 0.25) is 0 Å². The number of benzene rings is 1. The first-order valence-electron chi connectivity index (χ1n) is 8.78. The number of piperidine rings is 1. The Balaban J connectivity index is 2.03. The van der Waals surface area contributed by atoms with Gasteiger partial charge in [0, 0.05) is 37.8 Å². The van der Waals surface area contributed by atoms with E-state index in [1.807, 2.05) is 37.2 Å². The molecular formula is C19H31N3O. The first-order chi connectivity index (χ1) is 11.0. The van der Waals surface area contributed by atoms with E-state index in [2.05, 4.69) is 30.1 Å². The van der Waals surface area contributed by atoms with Crippen molar-refractivity contribution in [3.63, 3.8) is 0 Å². The average molecular weight is 317 g/mol. The normalized spacial score (nSPS) is 16.7. The number of rotatable bonds is 6. The highest BCUT2D eigenvalue weighted by atomic mass is 16.2. The first-order valence-corrected chi connectivity index (χ1v) is 8.78. The lowest BCUT2D eigenvalue weighted by Gasteiger charge is -2.38. The number of carbonyl (C=O) groups excluding carboxylic acids is 1. The molecule has 1 saturated heterocycles. The van der Waals surface area contributed by atoms with Gasteiger partial charge < -0.3 is 15.1 Å². The van der Waals surface area contributed by atoms with E-state index in [1.165, 1.54) is 0 Å². The smallest absolute Gasteiger partial charge is 0.254 e. The maximum absolute atomic E-state index is 12.9. The Bertz CT molecular complexity index is 507. The predicted molar refractivity (Wildman–Crippen MR) is 95.9 cm³/mol. The van der Waals surface area contributed by atoms with Crippen LogP contribution in [0.5, 0.6) is 0 Å². The van der Waals surface area contributed by atoms with Crippen molar-refractivity contribution in [3.05, 3.63) is 35.4 Å². The Kier molecular flexibility index (Phi) is 6.60. The van der Waals surface area contributed by atoms with E-state index in [0.29, 0.717) is 12.1 Å². The molecule has 1 N–H and O–H groups in total. The summed E-state index contributed by atoms with van der Waals surface area (Å²) in [5, 5.41) is 3.16. The minimum atomic E-state index is 0.166. The zero-order valence-electron chi connectivity index (χ0n) is 15.0. The molecule has 1 amide bonds. The SMILES string of the molecule is CNCCc1ccccc1C(=O)N(C)C1CCN(C(C)C)CC1. The molecule has 0 atom stereocenters. The zero-order chi connectivity index (χ0) is 16.8. The summed E-state index contributed by atoms with van der Waals surface area (Å²) < 4.78 is 0. The average Bonchev–Trinajstić information content (AvgIpc) is 2.59. The van der Waals surface area contributed by atoms with E-state index in [4.69, 9.17) is 0 Å². The molecule has 0 bridgehead atoms. The van der Waals surface area contributed by atoms with Crippen LogP contribution in [0.2, 0.25) is 0 Å². The van der Waals surface area contributed by atoms with Gasteiger partial charge in [-0.05, 0) is 58.3 Å². The van der Waals surface area contributed by atoms with Gasteiger partial charge in [0.05, 0.1) is 0 Å². The molecule has 1 heterocycles. The Morgan fingerprint density at radius 2 is 1.96 bits per heavy atom. The van der Waals surface area contributed by atoms with Gasteiger partial charge in [-0.2, -0.15) is 0 Å². The minimum Gasteiger partial charge on any atom is -0.339 e. The standard InChI is InChI=1S/C19H31N3O/c1-15(2)22-13-10-17(11-14-22)21(4)19(23)18-8-6-5-7-16(18)9-12-20-3/h5-8,15,17,20H,9-14H2,1-4H3. The summed E-state index contributed by atoms with van der Waals surface area (Å²) in [6.45, 7) is 7.55. The fourth-order valence-corrected chi connectivity index (χ4v) is 3.35. The second-order valence-electron chi connectivity index (χ2n) is 6.79. The van der Waals surface area contributed by atoms with Crippen molar-refractivity contribution < 1.29 is 4.79 Å². The van der Waals surface area contributed by atoms with Crippen LogP contribution < -0.4 is 5.32 Å². The van der Waals surface area contributed by atoms with Gasteiger partial charge in [0.1, 0.15) is 0 Å². The number of likely N-dealkylation sites (tertiary alicyclic amines) is 1. The van der Waals surface area contributed by atoms with Crippen molar-refractivity contribution in [1.29, 1.82) is 0 Å². The number of carbonyl (C=O) groups is 1. The van der Waals surface area contributed by atoms with Crippen molar-refractivity contribution in [3.8, 4) is 0 Å². The molecule has 1 fully saturated rings. The first kappa shape index (κ1) is 18.0. The summed E-state index contributed by atoms with van der Waals surface area (Å²) in [6, 6.07) is 8.97. The largest absolute Gasteiger partial charge is 0.339 e. The lowest BCUT2D eigenvalue weighted by Crippen LogP contribution is -2.47. The predicted octanol–water partition coefficient (Wildman–Crippen LogP) is 2.39. The fourth-order valence-electron chi connectivity index (χ4n) is 3.35. The monoisotopic (exact) mass is 317 g/mol. The number of likely N-dealkylation sites (N-methyl/N-ethyl adjacent to an activating group) is 1. The molecule has 0 aromatic heterocycles. The lowest BCUT2D eigenvalue weighted by atomic mass is 9.99. The van der Waals surface area contributed by atoms with Crippen LogP contribution in [0.3, 0.4) is 0 Å². The highest BCUT2D eigenvalue weighted by Gasteiger charge is 2.27. The third kappa shape index (κ3) is 4.55. The Hall–Kier alpha value is -1.39. The van der Waals surface area contributed by atoms with E-state index in [9.17, 15) is 4.79 Å². The molecule has 4 heteroatoms. The fraction of sp³-hybridized carbons (Fsp3) is 0.632. The summed E-state index contributed by atoms with van der Waals surface area (Å²) in [5.74, 6) is 0.166. The highest BCUT2D eigenvalue weighted by Crippen LogP contribution is 2.20. The summed E-state index contributed by atoms with van der Waals surface area (Å²) in [4.78, 5) is 17.4. The molecule has 4 nitrogen and oxygen atoms in total. The van der Waals surface area contributed by atoms with Gasteiger partial charge in [0.25, 0.3) is 5.91 Å². The van der Waals surface area contributed by atoms with Crippen molar-refractivity contribution in [2.24, 2.45) is 0 Å². The molecule has 0 radical (unpaired) electrons. The van der Waals surface area contributed by atoms with Gasteiger partial charge in [-0.3, -0.25) is 4.79 Å². The molecule has 0 saturated carbocycles. The molecule has 0 unspecified atom stereocenters. The Morgan fingerprint density at radius 1 is 1.30 bits per heavy atom. The Labute approximate surface area is 140 Å². The van der Waals surface area contributed by atoms with Crippen LogP contribution >= 0.6 is 0 Å². The molecule has 128 valence electrons. The third-order valence-electron chi connectivity index (χ3n) is 4.99. The van der Waals surface area contributed by atoms with Crippen LogP contribution in [0.4, 0.5) is 0 Å². The summed E-state index contributed by atoms with van der Waals surface area (Å²) in [6.07, 6.45) is 3.02. The molecular weight excluding hydrogens is 286 g/mol. The molecule has 0 aliphatic carbocycles. The van der Waals surface area contributed by atoms with E-state index >= 15 is 0 Å². The lowest BCUT2D eigenvalue weighted by molar-refractivity contribution is 0.0614. The second-order valence-corrected chi connectivity index (χ2v) is 6.79. The highest BCUT2D eigenvalue weighted by molar-refractivity contribution is 5.95. The van der Waals surface area contributed by atoms with E-state index in [-0.39, 0.29) is 5.91 Å². The van der Waals surface area contributed by atoms with Crippen molar-refractivity contribution >= 4 is 5.91 Å². The quantitative estimate of drug-likeness (QED) is 0.875. The number of amides is 1. The van der Waals surface area contributed by atoms with Crippen LogP contribution in [0.15, 0.2) is 24.3 Å². The van der Waals surface area contributed by atoms with Crippen molar-refractivity contribution in [2.45, 2.75) is 45.2 Å². The molecule has 23 heavy (non-hydrogen) atoms. The zero-order valence-corrected chi connectivity index (χ0v) is 15.0. The van der Waals surface area contributed by atoms with E-state index in [1.54, 1.807) is 0 Å². The van der Waals surface area contributed by atoms with Gasteiger partial charge in [0.15, 0.2) is 0 Å². The van der Waals surface area contributed by atoms with Gasteiger partial charge in [-0.25, -0.2) is 0 Å². The van der Waals surface area contributed by atoms with Crippen molar-refractivity contribution in [1.82, 2.24) is 15.1 Å². The van der Waals surface area contributed by atoms with Gasteiger partial charge in [-0.1, -0.05) is 18.2 Å². The van der Waals surface area contributed by atoms with Crippen molar-refractivity contribution in [2.75, 3.05) is 33.7 Å². The van der Waals surface area contributed by atoms with E-state index in [0.717, 1.165) is 50.0 Å². The topological polar surface area (TPSA) is 35.6 Å². The third-order valence-corrected chi connectivity index (χ3v) is 4.99. The van der Waals surface area contributed by atoms with Crippen LogP contribution in [-0.2, 0) is 6.42 Å². The van der Waals surface area contributed by atoms with Crippen LogP contribution in [-0.4, -0.2) is 61.5 Å². The van der Waals surface area contributed by atoms with Crippen LogP contribution in [0.25, 0.3) is 0 Å². The summed E-state index contributed by atoms with van der Waals surface area (Å²) in [7, 11) is 3.91. The molecule has 1 aromatic carbocycles. The maximum atomic E-state index is 12.9.